The molecule has 0 heterocycles. The number of hydrogen-bond acceptors (Lipinski definition) is 2. The lowest BCUT2D eigenvalue weighted by atomic mass is 9.90. The molecule has 3 heteroatoms. The average molecular weight is 198 g/mol. The Morgan fingerprint density at radius 3 is 2.73 bits per heavy atom. The molecule has 0 aliphatic carbocycles. The molecule has 2 aromatic rings. The van der Waals surface area contributed by atoms with Gasteiger partial charge in [-0.25, -0.2) is 4.79 Å². The van der Waals surface area contributed by atoms with Gasteiger partial charge in [-0.1, -0.05) is 41.9 Å². The molecule has 2 nitrogen and oxygen atoms in total. The maximum atomic E-state index is 11.6. The van der Waals surface area contributed by atoms with Crippen LogP contribution in [0.4, 0.5) is 0 Å². The summed E-state index contributed by atoms with van der Waals surface area (Å²) in [5.74, 6) is -0.282. The van der Waals surface area contributed by atoms with Gasteiger partial charge in [-0.05, 0) is 10.8 Å². The van der Waals surface area contributed by atoms with E-state index in [0.29, 0.717) is 5.56 Å². The minimum absolute atomic E-state index is 0.282. The van der Waals surface area contributed by atoms with Gasteiger partial charge in [0.05, 0.1) is 12.7 Å². The normalized spacial score (nSPS) is 10.2. The van der Waals surface area contributed by atoms with Crippen LogP contribution < -0.4 is 5.46 Å². The van der Waals surface area contributed by atoms with Crippen molar-refractivity contribution in [2.24, 2.45) is 0 Å². The Morgan fingerprint density at radius 1 is 1.27 bits per heavy atom. The molecule has 0 bridgehead atoms. The quantitative estimate of drug-likeness (QED) is 0.502. The number of benzene rings is 2. The average Bonchev–Trinajstić information content (AvgIpc) is 2.26. The molecule has 0 saturated heterocycles. The van der Waals surface area contributed by atoms with Gasteiger partial charge in [-0.2, -0.15) is 0 Å². The molecule has 0 N–H and O–H groups in total. The highest BCUT2D eigenvalue weighted by Gasteiger charge is 2.10. The number of rotatable bonds is 1. The second kappa shape index (κ2) is 3.77. The maximum Gasteiger partial charge on any atom is 0.338 e. The molecular formula is C12H11BO2. The highest BCUT2D eigenvalue weighted by Crippen LogP contribution is 2.17. The molecule has 0 fully saturated rings. The smallest absolute Gasteiger partial charge is 0.338 e. The molecular weight excluding hydrogens is 187 g/mol. The second-order valence-electron chi connectivity index (χ2n) is 3.53. The number of ether oxygens (including phenoxy) is 1. The number of fused-ring (bicyclic) bond motifs is 1. The van der Waals surface area contributed by atoms with Crippen LogP contribution in [0.3, 0.4) is 0 Å². The lowest BCUT2D eigenvalue weighted by Crippen LogP contribution is -2.09. The highest BCUT2D eigenvalue weighted by atomic mass is 16.5. The van der Waals surface area contributed by atoms with E-state index in [0.717, 1.165) is 16.2 Å². The van der Waals surface area contributed by atoms with E-state index in [2.05, 4.69) is 6.07 Å². The van der Waals surface area contributed by atoms with Crippen molar-refractivity contribution in [2.75, 3.05) is 7.11 Å². The topological polar surface area (TPSA) is 26.3 Å². The van der Waals surface area contributed by atoms with Gasteiger partial charge < -0.3 is 4.74 Å². The van der Waals surface area contributed by atoms with E-state index in [4.69, 9.17) is 4.74 Å². The zero-order valence-corrected chi connectivity index (χ0v) is 8.78. The van der Waals surface area contributed by atoms with Crippen molar-refractivity contribution >= 4 is 30.1 Å². The summed E-state index contributed by atoms with van der Waals surface area (Å²) in [7, 11) is 3.37. The highest BCUT2D eigenvalue weighted by molar-refractivity contribution is 6.34. The van der Waals surface area contributed by atoms with Gasteiger partial charge >= 0.3 is 5.97 Å². The first-order valence-electron chi connectivity index (χ1n) is 4.80. The van der Waals surface area contributed by atoms with Gasteiger partial charge in [-0.15, -0.1) is 0 Å². The number of hydrogen-bond donors (Lipinski definition) is 0. The molecule has 0 saturated carbocycles. The molecule has 0 atom stereocenters. The molecule has 74 valence electrons. The zero-order chi connectivity index (χ0) is 10.8. The minimum Gasteiger partial charge on any atom is -0.465 e. The number of esters is 1. The summed E-state index contributed by atoms with van der Waals surface area (Å²) in [5.41, 5.74) is 1.70. The van der Waals surface area contributed by atoms with Crippen LogP contribution >= 0.6 is 0 Å². The van der Waals surface area contributed by atoms with Crippen molar-refractivity contribution < 1.29 is 9.53 Å². The first-order valence-corrected chi connectivity index (χ1v) is 4.80. The second-order valence-corrected chi connectivity index (χ2v) is 3.53. The number of methoxy groups -OCH3 is 1. The molecule has 0 aliphatic rings. The number of carbonyl (C=O) groups excluding carboxylic acids is 1. The van der Waals surface area contributed by atoms with Crippen LogP contribution in [0.5, 0.6) is 0 Å². The van der Waals surface area contributed by atoms with Crippen LogP contribution in [0.2, 0.25) is 0 Å². The summed E-state index contributed by atoms with van der Waals surface area (Å²) in [5, 5.41) is 2.01. The van der Waals surface area contributed by atoms with E-state index in [1.807, 2.05) is 38.2 Å². The third-order valence-electron chi connectivity index (χ3n) is 2.41. The Labute approximate surface area is 89.3 Å². The first-order chi connectivity index (χ1) is 7.22. The Balaban J connectivity index is 2.76. The van der Waals surface area contributed by atoms with E-state index in [-0.39, 0.29) is 5.97 Å². The molecule has 2 rings (SSSR count). The van der Waals surface area contributed by atoms with Crippen molar-refractivity contribution in [1.29, 1.82) is 0 Å². The van der Waals surface area contributed by atoms with E-state index in [1.165, 1.54) is 7.11 Å². The van der Waals surface area contributed by atoms with Crippen LogP contribution in [0.25, 0.3) is 10.8 Å². The van der Waals surface area contributed by atoms with Gasteiger partial charge in [0.1, 0.15) is 7.85 Å². The van der Waals surface area contributed by atoms with E-state index in [1.54, 1.807) is 0 Å². The summed E-state index contributed by atoms with van der Waals surface area (Å²) in [6, 6.07) is 11.7. The Hall–Kier alpha value is -1.77. The molecule has 0 aliphatic heterocycles. The Kier molecular flexibility index (Phi) is 2.46. The standard InChI is InChI=1S/C12H11BO2/c1-15-12(14)11-7-9(13)6-8-4-2-3-5-10(8)11/h2-7H,13H2,1H3. The van der Waals surface area contributed by atoms with Crippen LogP contribution in [-0.4, -0.2) is 20.9 Å². The van der Waals surface area contributed by atoms with Gasteiger partial charge in [0.15, 0.2) is 0 Å². The molecule has 15 heavy (non-hydrogen) atoms. The summed E-state index contributed by atoms with van der Waals surface area (Å²) in [6.07, 6.45) is 0. The van der Waals surface area contributed by atoms with Gasteiger partial charge in [-0.3, -0.25) is 0 Å². The molecule has 2 aromatic carbocycles. The third kappa shape index (κ3) is 1.73. The third-order valence-corrected chi connectivity index (χ3v) is 2.41. The van der Waals surface area contributed by atoms with Crippen molar-refractivity contribution in [1.82, 2.24) is 0 Å². The van der Waals surface area contributed by atoms with Crippen LogP contribution in [0, 0.1) is 0 Å². The molecule has 0 unspecified atom stereocenters. The first kappa shape index (κ1) is 9.78. The summed E-state index contributed by atoms with van der Waals surface area (Å²) >= 11 is 0. The molecule has 0 aromatic heterocycles. The number of carbonyl (C=O) groups is 1. The van der Waals surface area contributed by atoms with Crippen molar-refractivity contribution in [2.45, 2.75) is 0 Å². The summed E-state index contributed by atoms with van der Waals surface area (Å²) in [4.78, 5) is 11.6. The fraction of sp³-hybridized carbons (Fsp3) is 0.0833. The van der Waals surface area contributed by atoms with Gasteiger partial charge in [0.25, 0.3) is 0 Å². The van der Waals surface area contributed by atoms with E-state index < -0.39 is 0 Å². The predicted octanol–water partition coefficient (Wildman–Crippen LogP) is 0.885. The SMILES string of the molecule is Bc1cc(C(=O)OC)c2ccccc2c1. The summed E-state index contributed by atoms with van der Waals surface area (Å²) < 4.78 is 4.76. The zero-order valence-electron chi connectivity index (χ0n) is 8.78. The molecule has 0 radical (unpaired) electrons. The minimum atomic E-state index is -0.282. The fourth-order valence-corrected chi connectivity index (χ4v) is 1.74. The Morgan fingerprint density at radius 2 is 2.00 bits per heavy atom. The van der Waals surface area contributed by atoms with Crippen molar-refractivity contribution in [3.05, 3.63) is 42.0 Å². The molecule has 0 amide bonds. The van der Waals surface area contributed by atoms with Crippen LogP contribution in [0.15, 0.2) is 36.4 Å². The van der Waals surface area contributed by atoms with E-state index in [9.17, 15) is 4.79 Å². The predicted molar refractivity (Wildman–Crippen MR) is 63.5 cm³/mol. The lowest BCUT2D eigenvalue weighted by Gasteiger charge is -2.06. The van der Waals surface area contributed by atoms with Crippen LogP contribution in [-0.2, 0) is 4.74 Å². The summed E-state index contributed by atoms with van der Waals surface area (Å²) in [6.45, 7) is 0. The Bertz CT molecular complexity index is 520. The monoisotopic (exact) mass is 198 g/mol. The lowest BCUT2D eigenvalue weighted by molar-refractivity contribution is 0.0603. The van der Waals surface area contributed by atoms with Crippen molar-refractivity contribution in [3.63, 3.8) is 0 Å². The molecule has 0 spiro atoms. The van der Waals surface area contributed by atoms with Gasteiger partial charge in [0, 0.05) is 0 Å². The maximum absolute atomic E-state index is 11.6. The largest absolute Gasteiger partial charge is 0.465 e. The van der Waals surface area contributed by atoms with E-state index >= 15 is 0 Å². The van der Waals surface area contributed by atoms with Gasteiger partial charge in [0.2, 0.25) is 0 Å². The fourth-order valence-electron chi connectivity index (χ4n) is 1.74. The van der Waals surface area contributed by atoms with Crippen molar-refractivity contribution in [3.8, 4) is 0 Å². The van der Waals surface area contributed by atoms with Crippen LogP contribution in [0.1, 0.15) is 10.4 Å².